The summed E-state index contributed by atoms with van der Waals surface area (Å²) in [5.74, 6) is 0. The third kappa shape index (κ3) is 3.83. The molecule has 1 amide bonds. The van der Waals surface area contributed by atoms with Crippen LogP contribution in [0.1, 0.15) is 16.9 Å². The molecule has 3 aromatic heterocycles. The average Bonchev–Trinajstić information content (AvgIpc) is 3.41. The van der Waals surface area contributed by atoms with Crippen molar-refractivity contribution in [1.29, 1.82) is 0 Å². The van der Waals surface area contributed by atoms with Crippen LogP contribution in [0.5, 0.6) is 0 Å². The van der Waals surface area contributed by atoms with Crippen molar-refractivity contribution < 1.29 is 14.6 Å². The van der Waals surface area contributed by atoms with Gasteiger partial charge in [0.05, 0.1) is 30.0 Å². The maximum atomic E-state index is 11.1. The highest BCUT2D eigenvalue weighted by Crippen LogP contribution is 2.31. The van der Waals surface area contributed by atoms with Crippen LogP contribution in [0.4, 0.5) is 4.79 Å². The number of aromatic amines is 1. The first-order valence-electron chi connectivity index (χ1n) is 10.1. The predicted molar refractivity (Wildman–Crippen MR) is 115 cm³/mol. The number of fused-ring (bicyclic) bond motifs is 1. The lowest BCUT2D eigenvalue weighted by molar-refractivity contribution is 0.0346. The number of rotatable bonds is 4. The Morgan fingerprint density at radius 1 is 1.27 bits per heavy atom. The van der Waals surface area contributed by atoms with Gasteiger partial charge in [0.1, 0.15) is 5.52 Å². The van der Waals surface area contributed by atoms with E-state index in [1.165, 1.54) is 9.78 Å². The summed E-state index contributed by atoms with van der Waals surface area (Å²) in [4.78, 5) is 30.1. The number of thiophene rings is 1. The zero-order valence-electron chi connectivity index (χ0n) is 16.5. The fourth-order valence-electron chi connectivity index (χ4n) is 3.92. The summed E-state index contributed by atoms with van der Waals surface area (Å²) >= 11 is 1.75. The summed E-state index contributed by atoms with van der Waals surface area (Å²) in [6.45, 7) is 5.39. The minimum Gasteiger partial charge on any atom is -0.465 e. The van der Waals surface area contributed by atoms with E-state index in [1.807, 2.05) is 18.5 Å². The highest BCUT2D eigenvalue weighted by molar-refractivity contribution is 7.15. The normalized spacial score (nSPS) is 18.0. The Morgan fingerprint density at radius 2 is 2.13 bits per heavy atom. The van der Waals surface area contributed by atoms with Gasteiger partial charge >= 0.3 is 6.09 Å². The van der Waals surface area contributed by atoms with Crippen LogP contribution < -0.4 is 0 Å². The molecule has 0 atom stereocenters. The molecule has 30 heavy (non-hydrogen) atoms. The molecule has 0 saturated carbocycles. The van der Waals surface area contributed by atoms with Crippen molar-refractivity contribution in [2.24, 2.45) is 0 Å². The Bertz CT molecular complexity index is 1100. The molecule has 9 heteroatoms. The first-order chi connectivity index (χ1) is 14.7. The highest BCUT2D eigenvalue weighted by Gasteiger charge is 2.20. The van der Waals surface area contributed by atoms with Crippen LogP contribution in [0, 0.1) is 0 Å². The van der Waals surface area contributed by atoms with E-state index in [0.29, 0.717) is 19.5 Å². The van der Waals surface area contributed by atoms with Crippen molar-refractivity contribution in [3.05, 3.63) is 41.0 Å². The monoisotopic (exact) mass is 425 g/mol. The molecule has 1 saturated heterocycles. The molecule has 0 aliphatic carbocycles. The molecule has 0 bridgehead atoms. The fraction of sp³-hybridized carbons (Fsp3) is 0.381. The SMILES string of the molecule is O=C(O)N1CC=C(c2c[nH]c3ncc(-c4ccc(CN5CCOCC5)s4)nc23)CC1. The highest BCUT2D eigenvalue weighted by atomic mass is 32.1. The van der Waals surface area contributed by atoms with E-state index in [4.69, 9.17) is 14.8 Å². The van der Waals surface area contributed by atoms with Crippen molar-refractivity contribution in [1.82, 2.24) is 24.8 Å². The number of hydrogen-bond acceptors (Lipinski definition) is 6. The molecule has 5 rings (SSSR count). The molecule has 8 nitrogen and oxygen atoms in total. The lowest BCUT2D eigenvalue weighted by Crippen LogP contribution is -2.35. The minimum absolute atomic E-state index is 0.403. The summed E-state index contributed by atoms with van der Waals surface area (Å²) < 4.78 is 5.43. The quantitative estimate of drug-likeness (QED) is 0.666. The molecule has 0 spiro atoms. The van der Waals surface area contributed by atoms with Crippen LogP contribution in [0.25, 0.3) is 27.3 Å². The van der Waals surface area contributed by atoms with E-state index in [2.05, 4.69) is 27.0 Å². The molecule has 0 unspecified atom stereocenters. The Kier molecular flexibility index (Phi) is 5.24. The van der Waals surface area contributed by atoms with Gasteiger partial charge in [-0.3, -0.25) is 4.90 Å². The van der Waals surface area contributed by atoms with E-state index < -0.39 is 6.09 Å². The van der Waals surface area contributed by atoms with Crippen LogP contribution >= 0.6 is 11.3 Å². The molecule has 2 N–H and O–H groups in total. The van der Waals surface area contributed by atoms with Gasteiger partial charge in [0.25, 0.3) is 0 Å². The number of nitrogens with zero attached hydrogens (tertiary/aromatic N) is 4. The predicted octanol–water partition coefficient (Wildman–Crippen LogP) is 3.29. The second kappa shape index (κ2) is 8.17. The van der Waals surface area contributed by atoms with E-state index >= 15 is 0 Å². The fourth-order valence-corrected chi connectivity index (χ4v) is 4.93. The molecule has 1 fully saturated rings. The maximum absolute atomic E-state index is 11.1. The summed E-state index contributed by atoms with van der Waals surface area (Å²) in [6, 6.07) is 4.29. The molecule has 0 aromatic carbocycles. The lowest BCUT2D eigenvalue weighted by Gasteiger charge is -2.25. The standard InChI is InChI=1S/C21H23N5O3S/c27-21(28)26-5-3-14(4-6-26)16-11-22-20-19(16)24-17(12-23-20)18-2-1-15(30-18)13-25-7-9-29-10-8-25/h1-3,11-12H,4-10,13H2,(H,22,23)(H,27,28). The van der Waals surface area contributed by atoms with Gasteiger partial charge in [0.2, 0.25) is 0 Å². The van der Waals surface area contributed by atoms with E-state index in [9.17, 15) is 4.79 Å². The number of H-pyrrole nitrogens is 1. The second-order valence-electron chi connectivity index (χ2n) is 7.52. The summed E-state index contributed by atoms with van der Waals surface area (Å²) in [7, 11) is 0. The van der Waals surface area contributed by atoms with E-state index in [0.717, 1.165) is 65.7 Å². The molecule has 156 valence electrons. The molecule has 5 heterocycles. The minimum atomic E-state index is -0.878. The summed E-state index contributed by atoms with van der Waals surface area (Å²) in [6.07, 6.45) is 5.51. The number of aromatic nitrogens is 3. The Balaban J connectivity index is 1.39. The number of carboxylic acid groups (broad SMARTS) is 1. The van der Waals surface area contributed by atoms with Crippen LogP contribution in [-0.2, 0) is 11.3 Å². The van der Waals surface area contributed by atoms with Gasteiger partial charge in [-0.05, 0) is 24.1 Å². The van der Waals surface area contributed by atoms with Gasteiger partial charge in [-0.15, -0.1) is 11.3 Å². The summed E-state index contributed by atoms with van der Waals surface area (Å²) in [5, 5.41) is 9.15. The van der Waals surface area contributed by atoms with Crippen LogP contribution in [0.2, 0.25) is 0 Å². The van der Waals surface area contributed by atoms with Gasteiger partial charge in [-0.25, -0.2) is 14.8 Å². The molecule has 2 aliphatic rings. The van der Waals surface area contributed by atoms with Crippen molar-refractivity contribution in [3.8, 4) is 10.6 Å². The zero-order chi connectivity index (χ0) is 20.5. The van der Waals surface area contributed by atoms with Crippen molar-refractivity contribution in [3.63, 3.8) is 0 Å². The van der Waals surface area contributed by atoms with Gasteiger partial charge in [0, 0.05) is 49.4 Å². The smallest absolute Gasteiger partial charge is 0.407 e. The number of nitrogens with one attached hydrogen (secondary N) is 1. The van der Waals surface area contributed by atoms with Crippen molar-refractivity contribution in [2.45, 2.75) is 13.0 Å². The first kappa shape index (κ1) is 19.2. The molecular formula is C21H23N5O3S. The third-order valence-electron chi connectivity index (χ3n) is 5.60. The zero-order valence-corrected chi connectivity index (χ0v) is 17.3. The van der Waals surface area contributed by atoms with Gasteiger partial charge in [0.15, 0.2) is 5.65 Å². The largest absolute Gasteiger partial charge is 0.465 e. The topological polar surface area (TPSA) is 94.6 Å². The first-order valence-corrected chi connectivity index (χ1v) is 10.9. The number of hydrogen-bond donors (Lipinski definition) is 2. The van der Waals surface area contributed by atoms with Crippen LogP contribution in [0.3, 0.4) is 0 Å². The van der Waals surface area contributed by atoms with E-state index in [-0.39, 0.29) is 0 Å². The molecule has 3 aromatic rings. The Labute approximate surface area is 177 Å². The Morgan fingerprint density at radius 3 is 2.90 bits per heavy atom. The number of amides is 1. The van der Waals surface area contributed by atoms with Crippen LogP contribution in [-0.4, -0.2) is 75.3 Å². The number of ether oxygens (including phenoxy) is 1. The molecule has 2 aliphatic heterocycles. The Hall–Kier alpha value is -2.75. The van der Waals surface area contributed by atoms with Gasteiger partial charge < -0.3 is 19.7 Å². The maximum Gasteiger partial charge on any atom is 0.407 e. The van der Waals surface area contributed by atoms with Crippen molar-refractivity contribution in [2.75, 3.05) is 39.4 Å². The third-order valence-corrected chi connectivity index (χ3v) is 6.70. The average molecular weight is 426 g/mol. The molecule has 0 radical (unpaired) electrons. The molecular weight excluding hydrogens is 402 g/mol. The summed E-state index contributed by atoms with van der Waals surface area (Å²) in [5.41, 5.74) is 4.58. The van der Waals surface area contributed by atoms with Gasteiger partial charge in [-0.1, -0.05) is 6.08 Å². The second-order valence-corrected chi connectivity index (χ2v) is 8.69. The lowest BCUT2D eigenvalue weighted by atomic mass is 10.0. The van der Waals surface area contributed by atoms with Crippen LogP contribution in [0.15, 0.2) is 30.6 Å². The van der Waals surface area contributed by atoms with Crippen molar-refractivity contribution >= 4 is 34.2 Å². The van der Waals surface area contributed by atoms with Gasteiger partial charge in [-0.2, -0.15) is 0 Å². The number of morpholine rings is 1. The number of carbonyl (C=O) groups is 1. The van der Waals surface area contributed by atoms with E-state index in [1.54, 1.807) is 11.3 Å².